The average molecular weight is 236 g/mol. The zero-order valence-electron chi connectivity index (χ0n) is 9.31. The van der Waals surface area contributed by atoms with Crippen LogP contribution in [0.15, 0.2) is 29.3 Å². The predicted molar refractivity (Wildman–Crippen MR) is 68.4 cm³/mol. The smallest absolute Gasteiger partial charge is 0.154 e. The van der Waals surface area contributed by atoms with Gasteiger partial charge in [-0.05, 0) is 24.5 Å². The van der Waals surface area contributed by atoms with Crippen LogP contribution in [0.1, 0.15) is 24.5 Å². The van der Waals surface area contributed by atoms with E-state index in [0.29, 0.717) is 5.17 Å². The maximum absolute atomic E-state index is 9.13. The van der Waals surface area contributed by atoms with Crippen molar-refractivity contribution in [2.24, 2.45) is 10.7 Å². The third-order valence-corrected chi connectivity index (χ3v) is 3.72. The van der Waals surface area contributed by atoms with E-state index >= 15 is 0 Å². The first-order valence-corrected chi connectivity index (χ1v) is 6.31. The van der Waals surface area contributed by atoms with Crippen molar-refractivity contribution >= 4 is 16.9 Å². The van der Waals surface area contributed by atoms with E-state index in [-0.39, 0.29) is 12.1 Å². The zero-order chi connectivity index (χ0) is 11.6. The fourth-order valence-corrected chi connectivity index (χ4v) is 2.87. The Morgan fingerprint density at radius 2 is 2.38 bits per heavy atom. The predicted octanol–water partition coefficient (Wildman–Crippen LogP) is 1.85. The van der Waals surface area contributed by atoms with E-state index in [9.17, 15) is 0 Å². The minimum absolute atomic E-state index is 0.0673. The largest absolute Gasteiger partial charge is 0.392 e. The van der Waals surface area contributed by atoms with Gasteiger partial charge in [-0.3, -0.25) is 4.99 Å². The number of amidine groups is 1. The van der Waals surface area contributed by atoms with Crippen LogP contribution in [0.25, 0.3) is 0 Å². The Morgan fingerprint density at radius 3 is 3.06 bits per heavy atom. The van der Waals surface area contributed by atoms with Gasteiger partial charge in [0.25, 0.3) is 0 Å². The van der Waals surface area contributed by atoms with Gasteiger partial charge in [-0.25, -0.2) is 0 Å². The van der Waals surface area contributed by atoms with E-state index in [1.54, 1.807) is 11.8 Å². The lowest BCUT2D eigenvalue weighted by atomic mass is 9.89. The number of aliphatic hydroxyl groups excluding tert-OH is 1. The summed E-state index contributed by atoms with van der Waals surface area (Å²) < 4.78 is 0. The fourth-order valence-electron chi connectivity index (χ4n) is 1.90. The maximum Gasteiger partial charge on any atom is 0.154 e. The van der Waals surface area contributed by atoms with Gasteiger partial charge in [0.15, 0.2) is 5.17 Å². The van der Waals surface area contributed by atoms with Crippen molar-refractivity contribution in [3.8, 4) is 0 Å². The SMILES string of the molecule is CC1(c2cccc(CO)c2)CCSC(N)=N1. The molecule has 0 fully saturated rings. The van der Waals surface area contributed by atoms with Crippen molar-refractivity contribution < 1.29 is 5.11 Å². The number of aliphatic hydroxyl groups is 1. The molecule has 1 atom stereocenters. The van der Waals surface area contributed by atoms with Crippen LogP contribution in [0.5, 0.6) is 0 Å². The van der Waals surface area contributed by atoms with Crippen LogP contribution in [0.4, 0.5) is 0 Å². The summed E-state index contributed by atoms with van der Waals surface area (Å²) in [4.78, 5) is 4.54. The van der Waals surface area contributed by atoms with Crippen LogP contribution in [0.2, 0.25) is 0 Å². The molecule has 1 aromatic rings. The Labute approximate surface area is 99.8 Å². The molecule has 1 aromatic carbocycles. The molecule has 86 valence electrons. The first-order chi connectivity index (χ1) is 7.64. The van der Waals surface area contributed by atoms with E-state index in [1.807, 2.05) is 24.3 Å². The van der Waals surface area contributed by atoms with Gasteiger partial charge in [-0.2, -0.15) is 0 Å². The summed E-state index contributed by atoms with van der Waals surface area (Å²) in [5.74, 6) is 0.995. The number of hydrogen-bond acceptors (Lipinski definition) is 4. The zero-order valence-corrected chi connectivity index (χ0v) is 10.1. The van der Waals surface area contributed by atoms with Crippen LogP contribution in [-0.2, 0) is 12.1 Å². The lowest BCUT2D eigenvalue weighted by Crippen LogP contribution is -2.28. The van der Waals surface area contributed by atoms with Crippen molar-refractivity contribution in [2.75, 3.05) is 5.75 Å². The second-order valence-electron chi connectivity index (χ2n) is 4.18. The van der Waals surface area contributed by atoms with Crippen molar-refractivity contribution in [1.29, 1.82) is 0 Å². The molecular weight excluding hydrogens is 220 g/mol. The molecule has 0 radical (unpaired) electrons. The van der Waals surface area contributed by atoms with Crippen LogP contribution in [0.3, 0.4) is 0 Å². The third kappa shape index (κ3) is 2.23. The number of nitrogens with two attached hydrogens (primary N) is 1. The number of benzene rings is 1. The number of rotatable bonds is 2. The molecule has 1 aliphatic heterocycles. The van der Waals surface area contributed by atoms with E-state index in [4.69, 9.17) is 10.8 Å². The first kappa shape index (κ1) is 11.5. The van der Waals surface area contributed by atoms with Gasteiger partial charge < -0.3 is 10.8 Å². The molecule has 0 aromatic heterocycles. The highest BCUT2D eigenvalue weighted by molar-refractivity contribution is 8.13. The molecule has 0 saturated carbocycles. The molecular formula is C12H16N2OS. The van der Waals surface area contributed by atoms with E-state index in [2.05, 4.69) is 11.9 Å². The van der Waals surface area contributed by atoms with Gasteiger partial charge in [0.1, 0.15) is 0 Å². The second kappa shape index (κ2) is 4.47. The quantitative estimate of drug-likeness (QED) is 0.824. The minimum atomic E-state index is -0.236. The molecule has 1 aliphatic rings. The Morgan fingerprint density at radius 1 is 1.56 bits per heavy atom. The molecule has 0 bridgehead atoms. The number of aliphatic imine (C=N–C) groups is 1. The molecule has 3 nitrogen and oxygen atoms in total. The summed E-state index contributed by atoms with van der Waals surface area (Å²) in [5, 5.41) is 9.79. The first-order valence-electron chi connectivity index (χ1n) is 5.32. The topological polar surface area (TPSA) is 58.6 Å². The third-order valence-electron chi connectivity index (χ3n) is 2.93. The van der Waals surface area contributed by atoms with Gasteiger partial charge in [-0.15, -0.1) is 0 Å². The Bertz CT molecular complexity index is 419. The highest BCUT2D eigenvalue weighted by Crippen LogP contribution is 2.35. The Kier molecular flexibility index (Phi) is 3.21. The minimum Gasteiger partial charge on any atom is -0.392 e. The standard InChI is InChI=1S/C12H16N2OS/c1-12(5-6-16-11(13)14-12)10-4-2-3-9(7-10)8-15/h2-4,7,15H,5-6,8H2,1H3,(H2,13,14). The Balaban J connectivity index is 2.38. The maximum atomic E-state index is 9.13. The molecule has 0 amide bonds. The summed E-state index contributed by atoms with van der Waals surface area (Å²) in [7, 11) is 0. The van der Waals surface area contributed by atoms with Gasteiger partial charge in [-0.1, -0.05) is 36.0 Å². The Hall–Kier alpha value is -1.00. The van der Waals surface area contributed by atoms with Crippen LogP contribution < -0.4 is 5.73 Å². The molecule has 1 unspecified atom stereocenters. The second-order valence-corrected chi connectivity index (χ2v) is 5.30. The van der Waals surface area contributed by atoms with Crippen LogP contribution >= 0.6 is 11.8 Å². The molecule has 0 aliphatic carbocycles. The van der Waals surface area contributed by atoms with Crippen LogP contribution in [-0.4, -0.2) is 16.0 Å². The summed E-state index contributed by atoms with van der Waals surface area (Å²) in [5.41, 5.74) is 7.60. The van der Waals surface area contributed by atoms with E-state index in [1.165, 1.54) is 0 Å². The summed E-state index contributed by atoms with van der Waals surface area (Å²) in [6.45, 7) is 2.16. The molecule has 4 heteroatoms. The van der Waals surface area contributed by atoms with Gasteiger partial charge in [0, 0.05) is 5.75 Å². The molecule has 3 N–H and O–H groups in total. The molecule has 2 rings (SSSR count). The van der Waals surface area contributed by atoms with E-state index in [0.717, 1.165) is 23.3 Å². The van der Waals surface area contributed by atoms with Crippen molar-refractivity contribution in [2.45, 2.75) is 25.5 Å². The molecule has 0 saturated heterocycles. The lowest BCUT2D eigenvalue weighted by molar-refractivity contribution is 0.281. The van der Waals surface area contributed by atoms with Crippen LogP contribution in [0, 0.1) is 0 Å². The van der Waals surface area contributed by atoms with Crippen molar-refractivity contribution in [3.05, 3.63) is 35.4 Å². The van der Waals surface area contributed by atoms with Gasteiger partial charge in [0.2, 0.25) is 0 Å². The van der Waals surface area contributed by atoms with E-state index < -0.39 is 0 Å². The van der Waals surface area contributed by atoms with Gasteiger partial charge >= 0.3 is 0 Å². The highest BCUT2D eigenvalue weighted by atomic mass is 32.2. The molecule has 1 heterocycles. The molecule has 0 spiro atoms. The van der Waals surface area contributed by atoms with Gasteiger partial charge in [0.05, 0.1) is 12.1 Å². The highest BCUT2D eigenvalue weighted by Gasteiger charge is 2.29. The molecule has 16 heavy (non-hydrogen) atoms. The summed E-state index contributed by atoms with van der Waals surface area (Å²) in [6, 6.07) is 7.93. The normalized spacial score (nSPS) is 25.2. The number of nitrogens with zero attached hydrogens (tertiary/aromatic N) is 1. The average Bonchev–Trinajstić information content (AvgIpc) is 2.29. The van der Waals surface area contributed by atoms with Crippen molar-refractivity contribution in [1.82, 2.24) is 0 Å². The van der Waals surface area contributed by atoms with Crippen molar-refractivity contribution in [3.63, 3.8) is 0 Å². The lowest BCUT2D eigenvalue weighted by Gasteiger charge is -2.30. The number of thioether (sulfide) groups is 1. The monoisotopic (exact) mass is 236 g/mol. The summed E-state index contributed by atoms with van der Waals surface area (Å²) in [6.07, 6.45) is 0.979. The number of hydrogen-bond donors (Lipinski definition) is 2. The fraction of sp³-hybridized carbons (Fsp3) is 0.417. The summed E-state index contributed by atoms with van der Waals surface area (Å²) >= 11 is 1.60.